The van der Waals surface area contributed by atoms with E-state index in [0.29, 0.717) is 23.9 Å². The Morgan fingerprint density at radius 3 is 2.47 bits per heavy atom. The molecule has 0 bridgehead atoms. The highest BCUT2D eigenvalue weighted by Crippen LogP contribution is 2.30. The third-order valence-corrected chi connectivity index (χ3v) is 6.67. The van der Waals surface area contributed by atoms with Crippen LogP contribution in [0.4, 0.5) is 5.82 Å². The van der Waals surface area contributed by atoms with Crippen molar-refractivity contribution >= 4 is 11.7 Å². The highest BCUT2D eigenvalue weighted by Gasteiger charge is 2.25. The summed E-state index contributed by atoms with van der Waals surface area (Å²) in [4.78, 5) is 17.2. The van der Waals surface area contributed by atoms with Crippen molar-refractivity contribution in [2.45, 2.75) is 44.7 Å². The fraction of sp³-hybridized carbons (Fsp3) is 0.560. The minimum absolute atomic E-state index is 0.139. The Hall–Kier alpha value is -3.07. The molecule has 9 nitrogen and oxygen atoms in total. The van der Waals surface area contributed by atoms with Gasteiger partial charge in [-0.1, -0.05) is 31.4 Å². The molecule has 9 heteroatoms. The monoisotopic (exact) mass is 469 g/mol. The molecule has 2 heterocycles. The van der Waals surface area contributed by atoms with E-state index in [-0.39, 0.29) is 12.5 Å². The van der Waals surface area contributed by atoms with E-state index in [1.165, 1.54) is 32.1 Å². The number of piperazine rings is 1. The molecule has 2 aromatic rings. The Morgan fingerprint density at radius 1 is 1.00 bits per heavy atom. The molecule has 4 rings (SSSR count). The van der Waals surface area contributed by atoms with Gasteiger partial charge in [0.1, 0.15) is 0 Å². The Labute approximate surface area is 201 Å². The van der Waals surface area contributed by atoms with Crippen LogP contribution in [-0.4, -0.2) is 74.1 Å². The molecule has 0 radical (unpaired) electrons. The first-order valence-corrected chi connectivity index (χ1v) is 12.1. The molecule has 1 amide bonds. The molecule has 1 aromatic carbocycles. The molecule has 34 heavy (non-hydrogen) atoms. The van der Waals surface area contributed by atoms with E-state index < -0.39 is 0 Å². The summed E-state index contributed by atoms with van der Waals surface area (Å²) in [6.07, 6.45) is 6.80. The number of methoxy groups -OCH3 is 2. The van der Waals surface area contributed by atoms with Gasteiger partial charge in [0.05, 0.1) is 14.2 Å². The molecule has 1 saturated carbocycles. The maximum atomic E-state index is 12.3. The number of benzene rings is 1. The summed E-state index contributed by atoms with van der Waals surface area (Å²) >= 11 is 0. The quantitative estimate of drug-likeness (QED) is 0.600. The second kappa shape index (κ2) is 11.9. The lowest BCUT2D eigenvalue weighted by Gasteiger charge is -2.41. The Kier molecular flexibility index (Phi) is 8.41. The number of carbonyl (C=O) groups excluding carboxylic acids is 1. The number of nitrogens with one attached hydrogen (secondary N) is 1. The summed E-state index contributed by atoms with van der Waals surface area (Å²) in [5.41, 5.74) is 0.822. The van der Waals surface area contributed by atoms with Crippen molar-refractivity contribution in [3.63, 3.8) is 0 Å². The highest BCUT2D eigenvalue weighted by atomic mass is 16.5. The normalized spacial score (nSPS) is 17.3. The van der Waals surface area contributed by atoms with E-state index in [0.717, 1.165) is 43.6 Å². The molecule has 1 N–H and O–H groups in total. The molecule has 2 aliphatic rings. The minimum Gasteiger partial charge on any atom is -0.493 e. The number of hydrogen-bond acceptors (Lipinski definition) is 8. The van der Waals surface area contributed by atoms with Gasteiger partial charge in [0, 0.05) is 50.4 Å². The molecule has 1 aliphatic carbocycles. The van der Waals surface area contributed by atoms with Crippen molar-refractivity contribution in [1.82, 2.24) is 20.4 Å². The van der Waals surface area contributed by atoms with Crippen LogP contribution in [0.15, 0.2) is 30.3 Å². The molecule has 0 unspecified atom stereocenters. The highest BCUT2D eigenvalue weighted by molar-refractivity contribution is 5.77. The van der Waals surface area contributed by atoms with E-state index in [9.17, 15) is 4.79 Å². The second-order valence-corrected chi connectivity index (χ2v) is 8.76. The first kappa shape index (κ1) is 24.1. The van der Waals surface area contributed by atoms with Gasteiger partial charge in [-0.05, 0) is 25.0 Å². The molecule has 2 fully saturated rings. The van der Waals surface area contributed by atoms with Gasteiger partial charge in [-0.2, -0.15) is 0 Å². The van der Waals surface area contributed by atoms with Crippen molar-refractivity contribution in [2.24, 2.45) is 0 Å². The van der Waals surface area contributed by atoms with Crippen LogP contribution in [0.3, 0.4) is 0 Å². The van der Waals surface area contributed by atoms with Gasteiger partial charge in [0.25, 0.3) is 5.91 Å². The number of anilines is 1. The average Bonchev–Trinajstić information content (AvgIpc) is 2.91. The van der Waals surface area contributed by atoms with Crippen LogP contribution in [0.2, 0.25) is 0 Å². The van der Waals surface area contributed by atoms with Crippen molar-refractivity contribution in [1.29, 1.82) is 0 Å². The number of ether oxygens (including phenoxy) is 3. The number of nitrogens with zero attached hydrogens (tertiary/aromatic N) is 4. The standard InChI is InChI=1S/C25H35N5O4/c1-32-21-10-6-7-19(25(21)33-2)17-26-23(31)18-34-24-12-11-22(27-28-24)30-15-13-29(14-16-30)20-8-4-3-5-9-20/h6-7,10-12,20H,3-5,8-9,13-18H2,1-2H3,(H,26,31). The number of para-hydroxylation sites is 1. The first-order chi connectivity index (χ1) is 16.7. The fourth-order valence-corrected chi connectivity index (χ4v) is 4.80. The van der Waals surface area contributed by atoms with Gasteiger partial charge in [0.2, 0.25) is 5.88 Å². The molecular weight excluding hydrogens is 434 g/mol. The zero-order valence-electron chi connectivity index (χ0n) is 20.2. The van der Waals surface area contributed by atoms with E-state index in [1.807, 2.05) is 24.3 Å². The summed E-state index contributed by atoms with van der Waals surface area (Å²) in [6, 6.07) is 9.99. The minimum atomic E-state index is -0.255. The zero-order chi connectivity index (χ0) is 23.8. The maximum absolute atomic E-state index is 12.3. The van der Waals surface area contributed by atoms with Crippen LogP contribution in [0.1, 0.15) is 37.7 Å². The van der Waals surface area contributed by atoms with Crippen LogP contribution >= 0.6 is 0 Å². The number of carbonyl (C=O) groups is 1. The van der Waals surface area contributed by atoms with E-state index >= 15 is 0 Å². The molecule has 0 atom stereocenters. The van der Waals surface area contributed by atoms with Gasteiger partial charge in [-0.25, -0.2) is 0 Å². The third kappa shape index (κ3) is 6.08. The van der Waals surface area contributed by atoms with E-state index in [2.05, 4.69) is 25.3 Å². The third-order valence-electron chi connectivity index (χ3n) is 6.67. The lowest BCUT2D eigenvalue weighted by molar-refractivity contribution is -0.123. The number of rotatable bonds is 9. The maximum Gasteiger partial charge on any atom is 0.258 e. The van der Waals surface area contributed by atoms with Crippen LogP contribution in [0, 0.1) is 0 Å². The van der Waals surface area contributed by atoms with Gasteiger partial charge >= 0.3 is 0 Å². The molecule has 1 aliphatic heterocycles. The van der Waals surface area contributed by atoms with Crippen molar-refractivity contribution in [3.05, 3.63) is 35.9 Å². The number of aromatic nitrogens is 2. The lowest BCUT2D eigenvalue weighted by atomic mass is 9.94. The van der Waals surface area contributed by atoms with Gasteiger partial charge < -0.3 is 24.4 Å². The lowest BCUT2D eigenvalue weighted by Crippen LogP contribution is -2.51. The number of amides is 1. The van der Waals surface area contributed by atoms with E-state index in [1.54, 1.807) is 20.3 Å². The van der Waals surface area contributed by atoms with Gasteiger partial charge in [-0.15, -0.1) is 10.2 Å². The molecular formula is C25H35N5O4. The van der Waals surface area contributed by atoms with Gasteiger partial charge in [-0.3, -0.25) is 9.69 Å². The van der Waals surface area contributed by atoms with E-state index in [4.69, 9.17) is 14.2 Å². The Balaban J connectivity index is 1.21. The van der Waals surface area contributed by atoms with Crippen molar-refractivity contribution in [2.75, 3.05) is 51.9 Å². The second-order valence-electron chi connectivity index (χ2n) is 8.76. The summed E-state index contributed by atoms with van der Waals surface area (Å²) < 4.78 is 16.2. The predicted molar refractivity (Wildman–Crippen MR) is 130 cm³/mol. The average molecular weight is 470 g/mol. The zero-order valence-corrected chi connectivity index (χ0v) is 20.2. The smallest absolute Gasteiger partial charge is 0.258 e. The SMILES string of the molecule is COc1cccc(CNC(=O)COc2ccc(N3CCN(C4CCCCC4)CC3)nn2)c1OC. The largest absolute Gasteiger partial charge is 0.493 e. The summed E-state index contributed by atoms with van der Waals surface area (Å²) in [5.74, 6) is 2.15. The van der Waals surface area contributed by atoms with Crippen molar-refractivity contribution < 1.29 is 19.0 Å². The molecule has 1 saturated heterocycles. The van der Waals surface area contributed by atoms with Crippen LogP contribution in [0.5, 0.6) is 17.4 Å². The van der Waals surface area contributed by atoms with Crippen LogP contribution in [-0.2, 0) is 11.3 Å². The topological polar surface area (TPSA) is 89.1 Å². The Morgan fingerprint density at radius 2 is 1.79 bits per heavy atom. The summed E-state index contributed by atoms with van der Waals surface area (Å²) in [7, 11) is 3.16. The van der Waals surface area contributed by atoms with Gasteiger partial charge in [0.15, 0.2) is 23.9 Å². The van der Waals surface area contributed by atoms with Crippen LogP contribution < -0.4 is 24.4 Å². The fourth-order valence-electron chi connectivity index (χ4n) is 4.80. The summed E-state index contributed by atoms with van der Waals surface area (Å²) in [5, 5.41) is 11.3. The van der Waals surface area contributed by atoms with Crippen molar-refractivity contribution in [3.8, 4) is 17.4 Å². The molecule has 1 aromatic heterocycles. The first-order valence-electron chi connectivity index (χ1n) is 12.1. The molecule has 184 valence electrons. The van der Waals surface area contributed by atoms with Crippen LogP contribution in [0.25, 0.3) is 0 Å². The summed E-state index contributed by atoms with van der Waals surface area (Å²) in [6.45, 7) is 4.23. The Bertz CT molecular complexity index is 925. The number of hydrogen-bond donors (Lipinski definition) is 1. The predicted octanol–water partition coefficient (Wildman–Crippen LogP) is 2.64. The molecule has 0 spiro atoms.